The van der Waals surface area contributed by atoms with E-state index in [1.54, 1.807) is 0 Å². The number of hydrogen-bond acceptors (Lipinski definition) is 1. The van der Waals surface area contributed by atoms with Gasteiger partial charge in [-0.25, -0.2) is 0 Å². The molecular weight excluding hydrogens is 346 g/mol. The van der Waals surface area contributed by atoms with E-state index in [4.69, 9.17) is 0 Å². The summed E-state index contributed by atoms with van der Waals surface area (Å²) in [6.45, 7) is 9.36. The van der Waals surface area contributed by atoms with Crippen LogP contribution < -0.4 is 0 Å². The Balaban J connectivity index is 2.18. The maximum absolute atomic E-state index is 9.21. The van der Waals surface area contributed by atoms with Crippen molar-refractivity contribution in [3.05, 3.63) is 57.6 Å². The van der Waals surface area contributed by atoms with Crippen LogP contribution in [0.3, 0.4) is 0 Å². The Labute approximate surface area is 147 Å². The average Bonchev–Trinajstić information content (AvgIpc) is 2.51. The quantitative estimate of drug-likeness (QED) is 0.576. The van der Waals surface area contributed by atoms with Crippen LogP contribution in [0.1, 0.15) is 57.2 Å². The first-order valence-corrected chi connectivity index (χ1v) is 8.88. The van der Waals surface area contributed by atoms with E-state index in [1.807, 2.05) is 12.1 Å². The van der Waals surface area contributed by atoms with Crippen LogP contribution in [0.4, 0.5) is 0 Å². The molecule has 1 nitrogen and oxygen atoms in total. The third-order valence-electron chi connectivity index (χ3n) is 5.21. The van der Waals surface area contributed by atoms with Crippen LogP contribution in [0.2, 0.25) is 0 Å². The monoisotopic (exact) mass is 367 g/mol. The Morgan fingerprint density at radius 3 is 2.17 bits per heavy atom. The lowest BCUT2D eigenvalue weighted by Crippen LogP contribution is -2.33. The van der Waals surface area contributed by atoms with Crippen molar-refractivity contribution in [2.75, 3.05) is 0 Å². The summed E-state index contributed by atoms with van der Waals surface area (Å²) in [5, 5.41) is 9.21. The predicted octanol–water partition coefficient (Wildman–Crippen LogP) is 6.34. The van der Waals surface area contributed by atoms with Crippen molar-refractivity contribution in [1.29, 1.82) is 5.26 Å². The molecule has 0 heterocycles. The first-order chi connectivity index (χ1) is 10.7. The second-order valence-electron chi connectivity index (χ2n) is 7.87. The molecule has 0 fully saturated rings. The zero-order chi connectivity index (χ0) is 16.8. The van der Waals surface area contributed by atoms with E-state index in [2.05, 4.69) is 74.0 Å². The first kappa shape index (κ1) is 16.3. The molecule has 118 valence electrons. The molecule has 0 unspecified atom stereocenters. The van der Waals surface area contributed by atoms with Crippen molar-refractivity contribution < 1.29 is 0 Å². The largest absolute Gasteiger partial charge is 0.192 e. The summed E-state index contributed by atoms with van der Waals surface area (Å²) >= 11 is 3.52. The first-order valence-electron chi connectivity index (χ1n) is 8.09. The molecule has 23 heavy (non-hydrogen) atoms. The molecule has 0 aromatic heterocycles. The van der Waals surface area contributed by atoms with Crippen LogP contribution in [-0.2, 0) is 10.8 Å². The van der Waals surface area contributed by atoms with E-state index in [9.17, 15) is 5.26 Å². The van der Waals surface area contributed by atoms with Gasteiger partial charge in [-0.2, -0.15) is 5.26 Å². The van der Waals surface area contributed by atoms with Crippen LogP contribution in [0.25, 0.3) is 11.1 Å². The van der Waals surface area contributed by atoms with Crippen molar-refractivity contribution in [1.82, 2.24) is 0 Å². The minimum absolute atomic E-state index is 0.199. The fourth-order valence-electron chi connectivity index (χ4n) is 3.59. The molecule has 3 rings (SSSR count). The van der Waals surface area contributed by atoms with E-state index in [1.165, 1.54) is 29.5 Å². The van der Waals surface area contributed by atoms with Gasteiger partial charge in [0.15, 0.2) is 0 Å². The van der Waals surface area contributed by atoms with Crippen LogP contribution in [0.15, 0.2) is 40.9 Å². The Kier molecular flexibility index (Phi) is 3.89. The van der Waals surface area contributed by atoms with Crippen molar-refractivity contribution in [2.24, 2.45) is 0 Å². The summed E-state index contributed by atoms with van der Waals surface area (Å²) in [4.78, 5) is 0. The molecule has 1 aliphatic rings. The lowest BCUT2D eigenvalue weighted by Gasteiger charge is -2.42. The standard InChI is InChI=1S/C21H22BrN/c1-20(2)7-8-21(3,4)19-12-15(5-6-18(19)20)16-9-14(13-23)10-17(22)11-16/h5-6,9-12H,7-8H2,1-4H3. The van der Waals surface area contributed by atoms with Crippen LogP contribution >= 0.6 is 15.9 Å². The van der Waals surface area contributed by atoms with E-state index < -0.39 is 0 Å². The van der Waals surface area contributed by atoms with Gasteiger partial charge < -0.3 is 0 Å². The Hall–Kier alpha value is -1.59. The van der Waals surface area contributed by atoms with Gasteiger partial charge in [-0.3, -0.25) is 0 Å². The molecular formula is C21H22BrN. The molecule has 2 aromatic carbocycles. The van der Waals surface area contributed by atoms with E-state index >= 15 is 0 Å². The molecule has 0 radical (unpaired) electrons. The smallest absolute Gasteiger partial charge is 0.0992 e. The highest BCUT2D eigenvalue weighted by atomic mass is 79.9. The van der Waals surface area contributed by atoms with E-state index in [0.717, 1.165) is 10.0 Å². The van der Waals surface area contributed by atoms with Crippen LogP contribution in [0.5, 0.6) is 0 Å². The third kappa shape index (κ3) is 2.95. The van der Waals surface area contributed by atoms with Gasteiger partial charge in [-0.15, -0.1) is 0 Å². The Morgan fingerprint density at radius 2 is 1.52 bits per heavy atom. The number of hydrogen-bond donors (Lipinski definition) is 0. The molecule has 0 spiro atoms. The summed E-state index contributed by atoms with van der Waals surface area (Å²) < 4.78 is 0.948. The molecule has 0 N–H and O–H groups in total. The van der Waals surface area contributed by atoms with Gasteiger partial charge in [0.1, 0.15) is 0 Å². The third-order valence-corrected chi connectivity index (χ3v) is 5.67. The fourth-order valence-corrected chi connectivity index (χ4v) is 4.08. The maximum Gasteiger partial charge on any atom is 0.0992 e. The summed E-state index contributed by atoms with van der Waals surface area (Å²) in [6.07, 6.45) is 2.43. The highest BCUT2D eigenvalue weighted by Gasteiger charge is 2.36. The number of benzene rings is 2. The van der Waals surface area contributed by atoms with Crippen molar-refractivity contribution in [2.45, 2.75) is 51.4 Å². The molecule has 0 saturated heterocycles. The number of fused-ring (bicyclic) bond motifs is 1. The number of nitrogens with zero attached hydrogens (tertiary/aromatic N) is 1. The normalized spacial score (nSPS) is 18.1. The van der Waals surface area contributed by atoms with Gasteiger partial charge in [-0.1, -0.05) is 61.8 Å². The van der Waals surface area contributed by atoms with Crippen LogP contribution in [-0.4, -0.2) is 0 Å². The molecule has 0 amide bonds. The maximum atomic E-state index is 9.21. The van der Waals surface area contributed by atoms with Crippen molar-refractivity contribution in [3.8, 4) is 17.2 Å². The van der Waals surface area contributed by atoms with Gasteiger partial charge >= 0.3 is 0 Å². The highest BCUT2D eigenvalue weighted by Crippen LogP contribution is 2.46. The zero-order valence-electron chi connectivity index (χ0n) is 14.2. The zero-order valence-corrected chi connectivity index (χ0v) is 15.8. The lowest BCUT2D eigenvalue weighted by atomic mass is 9.63. The minimum atomic E-state index is 0.199. The molecule has 0 bridgehead atoms. The van der Waals surface area contributed by atoms with Gasteiger partial charge in [0, 0.05) is 4.47 Å². The number of nitriles is 1. The number of halogens is 1. The molecule has 1 aliphatic carbocycles. The summed E-state index contributed by atoms with van der Waals surface area (Å²) in [7, 11) is 0. The molecule has 0 aliphatic heterocycles. The van der Waals surface area contributed by atoms with E-state index in [0.29, 0.717) is 5.56 Å². The minimum Gasteiger partial charge on any atom is -0.192 e. The second-order valence-corrected chi connectivity index (χ2v) is 8.78. The summed E-state index contributed by atoms with van der Waals surface area (Å²) in [5.74, 6) is 0. The van der Waals surface area contributed by atoms with Crippen LogP contribution in [0, 0.1) is 11.3 Å². The lowest BCUT2D eigenvalue weighted by molar-refractivity contribution is 0.332. The topological polar surface area (TPSA) is 23.8 Å². The van der Waals surface area contributed by atoms with E-state index in [-0.39, 0.29) is 10.8 Å². The highest BCUT2D eigenvalue weighted by molar-refractivity contribution is 9.10. The SMILES string of the molecule is CC1(C)CCC(C)(C)c2cc(-c3cc(Br)cc(C#N)c3)ccc21. The molecule has 2 heteroatoms. The average molecular weight is 368 g/mol. The van der Waals surface area contributed by atoms with Gasteiger partial charge in [0.05, 0.1) is 11.6 Å². The summed E-state index contributed by atoms with van der Waals surface area (Å²) in [5.41, 5.74) is 6.32. The predicted molar refractivity (Wildman–Crippen MR) is 99.6 cm³/mol. The van der Waals surface area contributed by atoms with Crippen molar-refractivity contribution in [3.63, 3.8) is 0 Å². The molecule has 0 atom stereocenters. The van der Waals surface area contributed by atoms with Gasteiger partial charge in [0.2, 0.25) is 0 Å². The molecule has 2 aromatic rings. The second kappa shape index (κ2) is 5.49. The molecule has 0 saturated carbocycles. The summed E-state index contributed by atoms with van der Waals surface area (Å²) in [6, 6.07) is 15.0. The number of rotatable bonds is 1. The fraction of sp³-hybridized carbons (Fsp3) is 0.381. The van der Waals surface area contributed by atoms with Gasteiger partial charge in [-0.05, 0) is 64.1 Å². The Morgan fingerprint density at radius 1 is 0.870 bits per heavy atom. The Bertz CT molecular complexity index is 809. The van der Waals surface area contributed by atoms with Crippen molar-refractivity contribution >= 4 is 15.9 Å². The van der Waals surface area contributed by atoms with Gasteiger partial charge in [0.25, 0.3) is 0 Å².